The number of hydrogen-bond acceptors (Lipinski definition) is 4. The molecule has 1 aromatic heterocycles. The molecule has 30 heavy (non-hydrogen) atoms. The summed E-state index contributed by atoms with van der Waals surface area (Å²) in [6.45, 7) is 0.736. The van der Waals surface area contributed by atoms with Crippen LogP contribution in [0.5, 0.6) is 0 Å². The molecule has 0 radical (unpaired) electrons. The van der Waals surface area contributed by atoms with E-state index in [-0.39, 0.29) is 11.9 Å². The molecule has 3 aromatic rings. The van der Waals surface area contributed by atoms with E-state index < -0.39 is 10.0 Å². The summed E-state index contributed by atoms with van der Waals surface area (Å²) in [5, 5.41) is 3.17. The second kappa shape index (κ2) is 8.85. The van der Waals surface area contributed by atoms with Crippen molar-refractivity contribution < 1.29 is 13.2 Å². The fraction of sp³-hybridized carbons (Fsp3) is 0.174. The molecule has 2 aromatic carbocycles. The standard InChI is InChI=1S/C23H22N2O3S2/c26-23(25-15-4-8-21(25)22-9-5-16-29-22)19-10-12-20(13-11-19)24-30(27,28)17-14-18-6-2-1-3-7-18/h1-3,5-7,9-14,16-17,21,24H,4,8,15H2/b17-14+. The van der Waals surface area contributed by atoms with Crippen LogP contribution < -0.4 is 4.72 Å². The van der Waals surface area contributed by atoms with Gasteiger partial charge in [-0.25, -0.2) is 8.42 Å². The number of hydrogen-bond donors (Lipinski definition) is 1. The quantitative estimate of drug-likeness (QED) is 0.580. The van der Waals surface area contributed by atoms with E-state index in [1.165, 1.54) is 11.0 Å². The van der Waals surface area contributed by atoms with Crippen LogP contribution in [0.25, 0.3) is 6.08 Å². The Kier molecular flexibility index (Phi) is 6.01. The first-order chi connectivity index (χ1) is 14.5. The molecule has 0 saturated carbocycles. The van der Waals surface area contributed by atoms with Gasteiger partial charge in [0, 0.05) is 22.7 Å². The van der Waals surface area contributed by atoms with Gasteiger partial charge < -0.3 is 4.90 Å². The zero-order valence-corrected chi connectivity index (χ0v) is 17.9. The number of thiophene rings is 1. The van der Waals surface area contributed by atoms with E-state index in [0.29, 0.717) is 11.3 Å². The largest absolute Gasteiger partial charge is 0.331 e. The smallest absolute Gasteiger partial charge is 0.255 e. The average Bonchev–Trinajstić information content (AvgIpc) is 3.44. The lowest BCUT2D eigenvalue weighted by Crippen LogP contribution is -2.30. The summed E-state index contributed by atoms with van der Waals surface area (Å²) in [6.07, 6.45) is 3.50. The van der Waals surface area contributed by atoms with Gasteiger partial charge in [0.15, 0.2) is 0 Å². The molecule has 0 bridgehead atoms. The minimum atomic E-state index is -3.64. The highest BCUT2D eigenvalue weighted by Gasteiger charge is 2.31. The Morgan fingerprint density at radius 3 is 2.50 bits per heavy atom. The maximum atomic E-state index is 13.0. The number of rotatable bonds is 6. The van der Waals surface area contributed by atoms with E-state index in [9.17, 15) is 13.2 Å². The maximum absolute atomic E-state index is 13.0. The number of carbonyl (C=O) groups excluding carboxylic acids is 1. The van der Waals surface area contributed by atoms with Crippen molar-refractivity contribution in [3.05, 3.63) is 93.5 Å². The number of carbonyl (C=O) groups is 1. The van der Waals surface area contributed by atoms with Crippen LogP contribution in [0.3, 0.4) is 0 Å². The SMILES string of the molecule is O=C(c1ccc(NS(=O)(=O)/C=C/c2ccccc2)cc1)N1CCCC1c1cccs1. The van der Waals surface area contributed by atoms with E-state index in [4.69, 9.17) is 0 Å². The van der Waals surface area contributed by atoms with Gasteiger partial charge in [-0.15, -0.1) is 11.3 Å². The number of sulfonamides is 1. The van der Waals surface area contributed by atoms with Crippen molar-refractivity contribution in [2.24, 2.45) is 0 Å². The van der Waals surface area contributed by atoms with Crippen LogP contribution in [0.4, 0.5) is 5.69 Å². The topological polar surface area (TPSA) is 66.5 Å². The van der Waals surface area contributed by atoms with E-state index in [0.717, 1.165) is 30.4 Å². The van der Waals surface area contributed by atoms with Gasteiger partial charge in [0.25, 0.3) is 15.9 Å². The first kappa shape index (κ1) is 20.4. The monoisotopic (exact) mass is 438 g/mol. The molecule has 7 heteroatoms. The molecular weight excluding hydrogens is 416 g/mol. The molecule has 154 valence electrons. The van der Waals surface area contributed by atoms with Gasteiger partial charge in [0.05, 0.1) is 11.4 Å². The van der Waals surface area contributed by atoms with Crippen molar-refractivity contribution >= 4 is 39.0 Å². The van der Waals surface area contributed by atoms with E-state index in [2.05, 4.69) is 10.8 Å². The molecule has 0 aliphatic carbocycles. The number of amides is 1. The van der Waals surface area contributed by atoms with Crippen molar-refractivity contribution in [3.63, 3.8) is 0 Å². The Morgan fingerprint density at radius 2 is 1.80 bits per heavy atom. The summed E-state index contributed by atoms with van der Waals surface area (Å²) >= 11 is 1.67. The number of likely N-dealkylation sites (tertiary alicyclic amines) is 1. The third-order valence-electron chi connectivity index (χ3n) is 5.02. The molecule has 0 spiro atoms. The second-order valence-corrected chi connectivity index (χ2v) is 9.66. The molecule has 4 rings (SSSR count). The minimum Gasteiger partial charge on any atom is -0.331 e. The molecule has 1 fully saturated rings. The van der Waals surface area contributed by atoms with Gasteiger partial charge in [-0.05, 0) is 60.2 Å². The molecule has 1 atom stereocenters. The van der Waals surface area contributed by atoms with Crippen molar-refractivity contribution in [1.82, 2.24) is 4.90 Å². The molecule has 1 saturated heterocycles. The highest BCUT2D eigenvalue weighted by molar-refractivity contribution is 7.95. The molecule has 1 aliphatic rings. The third kappa shape index (κ3) is 4.80. The van der Waals surface area contributed by atoms with Crippen molar-refractivity contribution in [2.45, 2.75) is 18.9 Å². The highest BCUT2D eigenvalue weighted by Crippen LogP contribution is 2.35. The van der Waals surface area contributed by atoms with Gasteiger partial charge in [0.2, 0.25) is 0 Å². The number of nitrogens with zero attached hydrogens (tertiary/aromatic N) is 1. The zero-order valence-electron chi connectivity index (χ0n) is 16.3. The normalized spacial score (nSPS) is 16.8. The molecule has 1 amide bonds. The fourth-order valence-corrected chi connectivity index (χ4v) is 5.31. The number of nitrogens with one attached hydrogen (secondary N) is 1. The number of anilines is 1. The summed E-state index contributed by atoms with van der Waals surface area (Å²) in [6, 6.07) is 20.0. The third-order valence-corrected chi connectivity index (χ3v) is 7.00. The molecule has 2 heterocycles. The van der Waals surface area contributed by atoms with Gasteiger partial charge in [-0.3, -0.25) is 9.52 Å². The predicted molar refractivity (Wildman–Crippen MR) is 122 cm³/mol. The predicted octanol–water partition coefficient (Wildman–Crippen LogP) is 5.14. The average molecular weight is 439 g/mol. The van der Waals surface area contributed by atoms with Crippen LogP contribution in [0, 0.1) is 0 Å². The van der Waals surface area contributed by atoms with Gasteiger partial charge >= 0.3 is 0 Å². The fourth-order valence-electron chi connectivity index (χ4n) is 3.56. The lowest BCUT2D eigenvalue weighted by Gasteiger charge is -2.24. The van der Waals surface area contributed by atoms with Crippen LogP contribution >= 0.6 is 11.3 Å². The summed E-state index contributed by atoms with van der Waals surface area (Å²) in [7, 11) is -3.64. The van der Waals surface area contributed by atoms with Gasteiger partial charge in [-0.2, -0.15) is 0 Å². The van der Waals surface area contributed by atoms with Crippen LogP contribution in [-0.2, 0) is 10.0 Å². The minimum absolute atomic E-state index is 0.0238. The van der Waals surface area contributed by atoms with Crippen LogP contribution in [0.2, 0.25) is 0 Å². The maximum Gasteiger partial charge on any atom is 0.255 e. The summed E-state index contributed by atoms with van der Waals surface area (Å²) in [5.74, 6) is -0.0238. The molecule has 1 N–H and O–H groups in total. The highest BCUT2D eigenvalue weighted by atomic mass is 32.2. The number of benzene rings is 2. The molecule has 5 nitrogen and oxygen atoms in total. The molecular formula is C23H22N2O3S2. The van der Waals surface area contributed by atoms with E-state index >= 15 is 0 Å². The lowest BCUT2D eigenvalue weighted by atomic mass is 10.1. The van der Waals surface area contributed by atoms with Crippen molar-refractivity contribution in [3.8, 4) is 0 Å². The Hall–Kier alpha value is -2.90. The Balaban J connectivity index is 1.43. The lowest BCUT2D eigenvalue weighted by molar-refractivity contribution is 0.0738. The van der Waals surface area contributed by atoms with E-state index in [1.54, 1.807) is 35.6 Å². The van der Waals surface area contributed by atoms with Crippen molar-refractivity contribution in [2.75, 3.05) is 11.3 Å². The first-order valence-electron chi connectivity index (χ1n) is 9.72. The summed E-state index contributed by atoms with van der Waals surface area (Å²) in [5.41, 5.74) is 1.77. The van der Waals surface area contributed by atoms with E-state index in [1.807, 2.05) is 46.7 Å². The zero-order chi connectivity index (χ0) is 21.0. The summed E-state index contributed by atoms with van der Waals surface area (Å²) < 4.78 is 27.1. The van der Waals surface area contributed by atoms with Crippen LogP contribution in [-0.4, -0.2) is 25.8 Å². The Morgan fingerprint density at radius 1 is 1.03 bits per heavy atom. The molecule has 1 unspecified atom stereocenters. The van der Waals surface area contributed by atoms with Gasteiger partial charge in [0.1, 0.15) is 0 Å². The van der Waals surface area contributed by atoms with Gasteiger partial charge in [-0.1, -0.05) is 36.4 Å². The summed E-state index contributed by atoms with van der Waals surface area (Å²) in [4.78, 5) is 16.1. The van der Waals surface area contributed by atoms with Crippen LogP contribution in [0.15, 0.2) is 77.5 Å². The van der Waals surface area contributed by atoms with Crippen LogP contribution in [0.1, 0.15) is 39.7 Å². The Bertz CT molecular complexity index is 1120. The molecule has 1 aliphatic heterocycles. The van der Waals surface area contributed by atoms with Crippen molar-refractivity contribution in [1.29, 1.82) is 0 Å². The first-order valence-corrected chi connectivity index (χ1v) is 12.1. The Labute approximate surface area is 180 Å². The second-order valence-electron chi connectivity index (χ2n) is 7.11.